The molecule has 7 aromatic rings. The molecule has 2 aliphatic rings. The van der Waals surface area contributed by atoms with E-state index in [9.17, 15) is 0 Å². The number of nitrogens with zero attached hydrogens (tertiary/aromatic N) is 3. The maximum absolute atomic E-state index is 5.15. The van der Waals surface area contributed by atoms with E-state index in [2.05, 4.69) is 163 Å². The van der Waals surface area contributed by atoms with E-state index >= 15 is 0 Å². The van der Waals surface area contributed by atoms with Gasteiger partial charge in [0.05, 0.1) is 16.9 Å². The first-order chi connectivity index (χ1) is 25.7. The van der Waals surface area contributed by atoms with Gasteiger partial charge >= 0.3 is 0 Å². The molecule has 0 bridgehead atoms. The van der Waals surface area contributed by atoms with Gasteiger partial charge < -0.3 is 4.57 Å². The van der Waals surface area contributed by atoms with Gasteiger partial charge in [-0.15, -0.1) is 0 Å². The Kier molecular flexibility index (Phi) is 8.38. The minimum atomic E-state index is 0.535. The van der Waals surface area contributed by atoms with Crippen molar-refractivity contribution in [1.29, 1.82) is 0 Å². The van der Waals surface area contributed by atoms with Crippen LogP contribution in [0.4, 0.5) is 0 Å². The lowest BCUT2D eigenvalue weighted by molar-refractivity contribution is 0.690. The summed E-state index contributed by atoms with van der Waals surface area (Å²) in [5, 5.41) is 1.33. The molecule has 9 rings (SSSR count). The molecule has 52 heavy (non-hydrogen) atoms. The second kappa shape index (κ2) is 13.8. The highest BCUT2D eigenvalue weighted by Crippen LogP contribution is 2.36. The zero-order valence-electron chi connectivity index (χ0n) is 29.3. The van der Waals surface area contributed by atoms with E-state index in [4.69, 9.17) is 9.98 Å². The van der Waals surface area contributed by atoms with Crippen LogP contribution in [0.25, 0.3) is 50.6 Å². The minimum Gasteiger partial charge on any atom is -0.313 e. The molecule has 0 amide bonds. The maximum atomic E-state index is 5.15. The SMILES string of the molecule is CC1C=Cc2c(n(-c3ccc(-c4ccc(-c5ccc(C6=CCCC(c7ccccc7)=NC(c7ccccc7)=N6)cc5)cc4)cc3)c3ccccc23)C1. The number of benzene rings is 6. The van der Waals surface area contributed by atoms with Crippen LogP contribution >= 0.6 is 0 Å². The first kappa shape index (κ1) is 31.6. The van der Waals surface area contributed by atoms with Crippen molar-refractivity contribution in [3.8, 4) is 27.9 Å². The molecule has 0 fully saturated rings. The number of fused-ring (bicyclic) bond motifs is 3. The van der Waals surface area contributed by atoms with E-state index in [1.54, 1.807) is 0 Å². The Hall–Kier alpha value is -6.32. The van der Waals surface area contributed by atoms with Gasteiger partial charge in [0.1, 0.15) is 0 Å². The van der Waals surface area contributed by atoms with E-state index in [0.717, 1.165) is 53.2 Å². The number of para-hydroxylation sites is 1. The Labute approximate surface area is 305 Å². The molecule has 1 aliphatic carbocycles. The lowest BCUT2D eigenvalue weighted by Gasteiger charge is -2.17. The summed E-state index contributed by atoms with van der Waals surface area (Å²) < 4.78 is 2.46. The van der Waals surface area contributed by atoms with Crippen molar-refractivity contribution in [3.63, 3.8) is 0 Å². The van der Waals surface area contributed by atoms with Crippen molar-refractivity contribution in [1.82, 2.24) is 4.57 Å². The number of amidine groups is 1. The van der Waals surface area contributed by atoms with E-state index in [-0.39, 0.29) is 0 Å². The van der Waals surface area contributed by atoms with Crippen LogP contribution in [0.15, 0.2) is 180 Å². The zero-order chi connectivity index (χ0) is 34.9. The van der Waals surface area contributed by atoms with Crippen LogP contribution in [0.1, 0.15) is 47.7 Å². The average Bonchev–Trinajstić information content (AvgIpc) is 3.52. The summed E-state index contributed by atoms with van der Waals surface area (Å²) in [6.45, 7) is 2.30. The number of hydrogen-bond donors (Lipinski definition) is 0. The van der Waals surface area contributed by atoms with E-state index in [1.807, 2.05) is 24.3 Å². The zero-order valence-corrected chi connectivity index (χ0v) is 29.3. The molecular weight excluding hydrogens is 631 g/mol. The molecule has 2 heterocycles. The molecule has 3 nitrogen and oxygen atoms in total. The topological polar surface area (TPSA) is 29.6 Å². The van der Waals surface area contributed by atoms with Crippen molar-refractivity contribution in [2.45, 2.75) is 26.2 Å². The highest BCUT2D eigenvalue weighted by atomic mass is 15.0. The van der Waals surface area contributed by atoms with Gasteiger partial charge in [-0.3, -0.25) is 0 Å². The summed E-state index contributed by atoms with van der Waals surface area (Å²) in [5.41, 5.74) is 15.3. The quantitative estimate of drug-likeness (QED) is 0.169. The Bertz CT molecular complexity index is 2500. The van der Waals surface area contributed by atoms with Gasteiger partial charge in [0.2, 0.25) is 0 Å². The third kappa shape index (κ3) is 6.16. The molecule has 1 atom stereocenters. The first-order valence-electron chi connectivity index (χ1n) is 18.3. The fourth-order valence-corrected chi connectivity index (χ4v) is 7.58. The fraction of sp³-hybridized carbons (Fsp3) is 0.102. The van der Waals surface area contributed by atoms with Gasteiger partial charge in [0.15, 0.2) is 5.84 Å². The Balaban J connectivity index is 0.961. The molecule has 1 aromatic heterocycles. The van der Waals surface area contributed by atoms with Crippen LogP contribution in [-0.2, 0) is 6.42 Å². The molecular formula is C49H39N3. The van der Waals surface area contributed by atoms with E-state index in [1.165, 1.54) is 50.1 Å². The Morgan fingerprint density at radius 3 is 1.75 bits per heavy atom. The van der Waals surface area contributed by atoms with E-state index < -0.39 is 0 Å². The van der Waals surface area contributed by atoms with Crippen LogP contribution in [0.2, 0.25) is 0 Å². The van der Waals surface area contributed by atoms with Crippen LogP contribution < -0.4 is 0 Å². The van der Waals surface area contributed by atoms with Crippen molar-refractivity contribution in [2.75, 3.05) is 0 Å². The van der Waals surface area contributed by atoms with Crippen molar-refractivity contribution < 1.29 is 0 Å². The monoisotopic (exact) mass is 669 g/mol. The molecule has 0 saturated heterocycles. The van der Waals surface area contributed by atoms with Crippen LogP contribution in [-0.4, -0.2) is 16.1 Å². The van der Waals surface area contributed by atoms with Gasteiger partial charge in [0.25, 0.3) is 0 Å². The molecule has 0 radical (unpaired) electrons. The standard InChI is InChI=1S/C49H39N3/c1-34-19-32-44-43-15-8-9-18-47(43)52(48(44)33-34)42-30-28-38(29-31-42)36-22-20-35(21-23-36)37-24-26-40(27-25-37)46-17-10-16-45(39-11-4-2-5-12-39)50-49(51-46)41-13-6-3-7-14-41/h2-9,11-15,17-32,34H,10,16,33H2,1H3. The Morgan fingerprint density at radius 1 is 0.538 bits per heavy atom. The molecule has 250 valence electrons. The summed E-state index contributed by atoms with van der Waals surface area (Å²) >= 11 is 0. The lowest BCUT2D eigenvalue weighted by Crippen LogP contribution is -2.09. The fourth-order valence-electron chi connectivity index (χ4n) is 7.58. The molecule has 3 heteroatoms. The van der Waals surface area contributed by atoms with Crippen molar-refractivity contribution in [2.24, 2.45) is 15.9 Å². The smallest absolute Gasteiger partial charge is 0.160 e. The van der Waals surface area contributed by atoms with Crippen LogP contribution in [0, 0.1) is 5.92 Å². The normalized spacial score (nSPS) is 15.6. The first-order valence-corrected chi connectivity index (χ1v) is 18.3. The van der Waals surface area contributed by atoms with E-state index in [0.29, 0.717) is 5.92 Å². The molecule has 6 aromatic carbocycles. The Morgan fingerprint density at radius 2 is 1.10 bits per heavy atom. The molecule has 0 N–H and O–H groups in total. The summed E-state index contributed by atoms with van der Waals surface area (Å²) in [6.07, 6.45) is 9.68. The summed E-state index contributed by atoms with van der Waals surface area (Å²) in [4.78, 5) is 10.3. The molecule has 0 saturated carbocycles. The number of rotatable bonds is 6. The predicted molar refractivity (Wildman–Crippen MR) is 219 cm³/mol. The van der Waals surface area contributed by atoms with Crippen LogP contribution in [0.3, 0.4) is 0 Å². The molecule has 1 aliphatic heterocycles. The highest BCUT2D eigenvalue weighted by molar-refractivity contribution is 6.14. The number of aliphatic imine (C=N–C) groups is 2. The van der Waals surface area contributed by atoms with Gasteiger partial charge in [0, 0.05) is 27.9 Å². The average molecular weight is 670 g/mol. The molecule has 0 spiro atoms. The van der Waals surface area contributed by atoms with Crippen molar-refractivity contribution >= 4 is 34.2 Å². The van der Waals surface area contributed by atoms with Crippen LogP contribution in [0.5, 0.6) is 0 Å². The lowest BCUT2D eigenvalue weighted by atomic mass is 9.95. The summed E-state index contributed by atoms with van der Waals surface area (Å²) in [6, 6.07) is 56.2. The largest absolute Gasteiger partial charge is 0.313 e. The van der Waals surface area contributed by atoms with Gasteiger partial charge in [-0.2, -0.15) is 0 Å². The van der Waals surface area contributed by atoms with Gasteiger partial charge in [-0.05, 0) is 76.8 Å². The summed E-state index contributed by atoms with van der Waals surface area (Å²) in [7, 11) is 0. The number of allylic oxidation sites excluding steroid dienone is 2. The number of aromatic nitrogens is 1. The predicted octanol–water partition coefficient (Wildman–Crippen LogP) is 12.2. The maximum Gasteiger partial charge on any atom is 0.160 e. The highest BCUT2D eigenvalue weighted by Gasteiger charge is 2.21. The third-order valence-corrected chi connectivity index (χ3v) is 10.3. The molecule has 1 unspecified atom stereocenters. The third-order valence-electron chi connectivity index (χ3n) is 10.3. The summed E-state index contributed by atoms with van der Waals surface area (Å²) in [5.74, 6) is 1.28. The van der Waals surface area contributed by atoms with Gasteiger partial charge in [-0.25, -0.2) is 9.98 Å². The minimum absolute atomic E-state index is 0.535. The number of hydrogen-bond acceptors (Lipinski definition) is 2. The second-order valence-electron chi connectivity index (χ2n) is 13.8. The second-order valence-corrected chi connectivity index (χ2v) is 13.8. The van der Waals surface area contributed by atoms with Gasteiger partial charge in [-0.1, -0.05) is 165 Å². The van der Waals surface area contributed by atoms with Crippen molar-refractivity contribution in [3.05, 3.63) is 198 Å².